The lowest BCUT2D eigenvalue weighted by Crippen LogP contribution is -2.41. The van der Waals surface area contributed by atoms with Crippen molar-refractivity contribution in [1.82, 2.24) is 9.21 Å². The normalized spacial score (nSPS) is 15.5. The summed E-state index contributed by atoms with van der Waals surface area (Å²) in [5.74, 6) is -0.126. The Morgan fingerprint density at radius 2 is 1.71 bits per heavy atom. The number of morpholine rings is 1. The molecule has 0 bridgehead atoms. The molecule has 0 saturated carbocycles. The molecule has 1 amide bonds. The summed E-state index contributed by atoms with van der Waals surface area (Å²) in [6, 6.07) is 15.7. The van der Waals surface area contributed by atoms with Crippen molar-refractivity contribution in [3.05, 3.63) is 60.2 Å². The number of carbonyl (C=O) groups is 1. The van der Waals surface area contributed by atoms with E-state index in [1.54, 1.807) is 19.2 Å². The first-order valence-electron chi connectivity index (χ1n) is 9.15. The highest BCUT2D eigenvalue weighted by molar-refractivity contribution is 7.89. The van der Waals surface area contributed by atoms with Crippen molar-refractivity contribution in [2.75, 3.05) is 45.2 Å². The fourth-order valence-corrected chi connectivity index (χ4v) is 4.14. The Hall–Kier alpha value is -2.26. The fraction of sp³-hybridized carbons (Fsp3) is 0.350. The Balaban J connectivity index is 1.60. The molecule has 1 saturated heterocycles. The van der Waals surface area contributed by atoms with E-state index in [0.717, 1.165) is 18.7 Å². The van der Waals surface area contributed by atoms with Crippen LogP contribution in [0.3, 0.4) is 0 Å². The SMILES string of the molecule is CN(Cc1ccccc1)S(=O)(=O)c1ccc(NC(=O)CN2CCOCC2)cc1. The van der Waals surface area contributed by atoms with Crippen LogP contribution in [0.5, 0.6) is 0 Å². The molecule has 0 radical (unpaired) electrons. The summed E-state index contributed by atoms with van der Waals surface area (Å²) >= 11 is 0. The third-order valence-corrected chi connectivity index (χ3v) is 6.38. The number of anilines is 1. The molecule has 7 nitrogen and oxygen atoms in total. The van der Waals surface area contributed by atoms with E-state index < -0.39 is 10.0 Å². The highest BCUT2D eigenvalue weighted by Gasteiger charge is 2.21. The zero-order valence-corrected chi connectivity index (χ0v) is 16.7. The molecular formula is C20H25N3O4S. The van der Waals surface area contributed by atoms with E-state index in [1.807, 2.05) is 35.2 Å². The molecule has 3 rings (SSSR count). The maximum Gasteiger partial charge on any atom is 0.243 e. The zero-order chi connectivity index (χ0) is 20.0. The average Bonchev–Trinajstić information content (AvgIpc) is 2.70. The minimum Gasteiger partial charge on any atom is -0.379 e. The van der Waals surface area contributed by atoms with Crippen LogP contribution in [-0.2, 0) is 26.1 Å². The standard InChI is InChI=1S/C20H25N3O4S/c1-22(15-17-5-3-2-4-6-17)28(25,26)19-9-7-18(8-10-19)21-20(24)16-23-11-13-27-14-12-23/h2-10H,11-16H2,1H3,(H,21,24). The molecule has 1 fully saturated rings. The summed E-state index contributed by atoms with van der Waals surface area (Å²) in [5.41, 5.74) is 1.49. The number of hydrogen-bond acceptors (Lipinski definition) is 5. The number of amides is 1. The van der Waals surface area contributed by atoms with E-state index in [9.17, 15) is 13.2 Å². The van der Waals surface area contributed by atoms with Gasteiger partial charge >= 0.3 is 0 Å². The van der Waals surface area contributed by atoms with Gasteiger partial charge in [-0.15, -0.1) is 0 Å². The van der Waals surface area contributed by atoms with E-state index in [-0.39, 0.29) is 10.8 Å². The molecule has 0 aromatic heterocycles. The second-order valence-electron chi connectivity index (χ2n) is 6.71. The number of sulfonamides is 1. The second-order valence-corrected chi connectivity index (χ2v) is 8.75. The monoisotopic (exact) mass is 403 g/mol. The first kappa shape index (κ1) is 20.5. The van der Waals surface area contributed by atoms with Crippen molar-refractivity contribution in [2.45, 2.75) is 11.4 Å². The predicted molar refractivity (Wildman–Crippen MR) is 107 cm³/mol. The van der Waals surface area contributed by atoms with Gasteiger partial charge in [-0.05, 0) is 29.8 Å². The van der Waals surface area contributed by atoms with Gasteiger partial charge < -0.3 is 10.1 Å². The lowest BCUT2D eigenvalue weighted by Gasteiger charge is -2.25. The van der Waals surface area contributed by atoms with E-state index in [1.165, 1.54) is 16.4 Å². The minimum atomic E-state index is -3.61. The lowest BCUT2D eigenvalue weighted by molar-refractivity contribution is -0.118. The van der Waals surface area contributed by atoms with Crippen LogP contribution in [0.2, 0.25) is 0 Å². The van der Waals surface area contributed by atoms with E-state index in [2.05, 4.69) is 5.32 Å². The molecule has 1 aliphatic rings. The van der Waals surface area contributed by atoms with E-state index in [0.29, 0.717) is 32.0 Å². The Morgan fingerprint density at radius 1 is 1.07 bits per heavy atom. The molecule has 0 spiro atoms. The Kier molecular flexibility index (Phi) is 6.79. The summed E-state index contributed by atoms with van der Waals surface area (Å²) in [6.45, 7) is 3.33. The fourth-order valence-electron chi connectivity index (χ4n) is 2.98. The van der Waals surface area contributed by atoms with Gasteiger partial charge in [0.1, 0.15) is 0 Å². The molecule has 1 N–H and O–H groups in total. The highest BCUT2D eigenvalue weighted by Crippen LogP contribution is 2.19. The van der Waals surface area contributed by atoms with Gasteiger partial charge in [0.25, 0.3) is 0 Å². The van der Waals surface area contributed by atoms with Crippen molar-refractivity contribution in [3.8, 4) is 0 Å². The largest absolute Gasteiger partial charge is 0.379 e. The van der Waals surface area contributed by atoms with Gasteiger partial charge in [-0.25, -0.2) is 8.42 Å². The molecule has 8 heteroatoms. The summed E-state index contributed by atoms with van der Waals surface area (Å²) in [6.07, 6.45) is 0. The molecule has 1 heterocycles. The van der Waals surface area contributed by atoms with Gasteiger partial charge in [0, 0.05) is 32.4 Å². The molecular weight excluding hydrogens is 378 g/mol. The van der Waals surface area contributed by atoms with Crippen molar-refractivity contribution in [2.24, 2.45) is 0 Å². The highest BCUT2D eigenvalue weighted by atomic mass is 32.2. The molecule has 28 heavy (non-hydrogen) atoms. The van der Waals surface area contributed by atoms with Crippen LogP contribution in [0, 0.1) is 0 Å². The Bertz CT molecular complexity index is 879. The Morgan fingerprint density at radius 3 is 2.36 bits per heavy atom. The summed E-state index contributed by atoms with van der Waals surface area (Å²) in [7, 11) is -2.05. The maximum atomic E-state index is 12.8. The average molecular weight is 404 g/mol. The van der Waals surface area contributed by atoms with Crippen molar-refractivity contribution in [1.29, 1.82) is 0 Å². The number of ether oxygens (including phenoxy) is 1. The van der Waals surface area contributed by atoms with E-state index >= 15 is 0 Å². The van der Waals surface area contributed by atoms with Gasteiger partial charge in [-0.1, -0.05) is 30.3 Å². The molecule has 1 aliphatic heterocycles. The van der Waals surface area contributed by atoms with Crippen molar-refractivity contribution < 1.29 is 17.9 Å². The van der Waals surface area contributed by atoms with Crippen LogP contribution in [0.25, 0.3) is 0 Å². The number of hydrogen-bond donors (Lipinski definition) is 1. The third-order valence-electron chi connectivity index (χ3n) is 4.57. The number of nitrogens with one attached hydrogen (secondary N) is 1. The van der Waals surface area contributed by atoms with Crippen LogP contribution in [-0.4, -0.2) is 63.4 Å². The second kappa shape index (κ2) is 9.29. The number of nitrogens with zero attached hydrogens (tertiary/aromatic N) is 2. The third kappa shape index (κ3) is 5.39. The number of carbonyl (C=O) groups excluding carboxylic acids is 1. The van der Waals surface area contributed by atoms with Crippen LogP contribution in [0.4, 0.5) is 5.69 Å². The summed E-state index contributed by atoms with van der Waals surface area (Å²) in [5, 5.41) is 2.81. The first-order chi connectivity index (χ1) is 13.4. The van der Waals surface area contributed by atoms with Crippen molar-refractivity contribution in [3.63, 3.8) is 0 Å². The zero-order valence-electron chi connectivity index (χ0n) is 15.9. The van der Waals surface area contributed by atoms with Gasteiger partial charge in [0.05, 0.1) is 24.7 Å². The van der Waals surface area contributed by atoms with Crippen LogP contribution >= 0.6 is 0 Å². The maximum absolute atomic E-state index is 12.8. The van der Waals surface area contributed by atoms with Crippen LogP contribution in [0.15, 0.2) is 59.5 Å². The number of rotatable bonds is 7. The Labute approximate surface area is 166 Å². The van der Waals surface area contributed by atoms with Crippen LogP contribution < -0.4 is 5.32 Å². The molecule has 2 aromatic rings. The molecule has 2 aromatic carbocycles. The molecule has 150 valence electrons. The molecule has 0 unspecified atom stereocenters. The lowest BCUT2D eigenvalue weighted by atomic mass is 10.2. The van der Waals surface area contributed by atoms with Gasteiger partial charge in [-0.2, -0.15) is 4.31 Å². The smallest absolute Gasteiger partial charge is 0.243 e. The predicted octanol–water partition coefficient (Wildman–Crippen LogP) is 1.78. The van der Waals surface area contributed by atoms with Gasteiger partial charge in [0.2, 0.25) is 15.9 Å². The molecule has 0 atom stereocenters. The number of benzene rings is 2. The van der Waals surface area contributed by atoms with Crippen LogP contribution in [0.1, 0.15) is 5.56 Å². The summed E-state index contributed by atoms with van der Waals surface area (Å²) in [4.78, 5) is 14.4. The summed E-state index contributed by atoms with van der Waals surface area (Å²) < 4.78 is 32.1. The minimum absolute atomic E-state index is 0.126. The van der Waals surface area contributed by atoms with E-state index in [4.69, 9.17) is 4.74 Å². The quantitative estimate of drug-likeness (QED) is 0.762. The van der Waals surface area contributed by atoms with Gasteiger partial charge in [-0.3, -0.25) is 9.69 Å². The van der Waals surface area contributed by atoms with Gasteiger partial charge in [0.15, 0.2) is 0 Å². The first-order valence-corrected chi connectivity index (χ1v) is 10.6. The van der Waals surface area contributed by atoms with Crippen molar-refractivity contribution >= 4 is 21.6 Å². The molecule has 0 aliphatic carbocycles. The topological polar surface area (TPSA) is 79.0 Å².